The number of piperidine rings is 1. The van der Waals surface area contributed by atoms with Crippen LogP contribution < -0.4 is 16.4 Å². The van der Waals surface area contributed by atoms with Gasteiger partial charge >= 0.3 is 0 Å². The molecule has 0 aromatic heterocycles. The van der Waals surface area contributed by atoms with Gasteiger partial charge in [-0.15, -0.1) is 0 Å². The molecular weight excluding hydrogens is 384 g/mol. The largest absolute Gasteiger partial charge is 0.329 e. The molecule has 0 radical (unpaired) electrons. The van der Waals surface area contributed by atoms with Crippen LogP contribution >= 0.6 is 0 Å². The molecule has 28 heavy (non-hydrogen) atoms. The van der Waals surface area contributed by atoms with Crippen LogP contribution in [-0.4, -0.2) is 61.7 Å². The number of amides is 3. The fourth-order valence-electron chi connectivity index (χ4n) is 3.52. The predicted molar refractivity (Wildman–Crippen MR) is 102 cm³/mol. The summed E-state index contributed by atoms with van der Waals surface area (Å²) in [4.78, 5) is 37.5. The molecule has 2 aliphatic rings. The standard InChI is InChI=1S/C18H24N4O5S/c1-28(26,27)13(7-19)9-20-8-11-2-3-14-12(6-11)10-22(18(14)25)15-4-5-16(23)21-17(15)24/h2-3,6,13,15,20H,4-5,7-10,19H2,1H3,(H,21,23,24). The third-order valence-corrected chi connectivity index (χ3v) is 6.73. The first-order chi connectivity index (χ1) is 13.2. The molecule has 1 aromatic carbocycles. The lowest BCUT2D eigenvalue weighted by Crippen LogP contribution is -2.52. The van der Waals surface area contributed by atoms with E-state index in [9.17, 15) is 22.8 Å². The number of hydrogen-bond donors (Lipinski definition) is 3. The van der Waals surface area contributed by atoms with Crippen molar-refractivity contribution in [3.63, 3.8) is 0 Å². The molecule has 0 saturated carbocycles. The molecule has 2 atom stereocenters. The van der Waals surface area contributed by atoms with Crippen molar-refractivity contribution in [2.75, 3.05) is 19.3 Å². The van der Waals surface area contributed by atoms with Gasteiger partial charge in [0.1, 0.15) is 6.04 Å². The molecular formula is C18H24N4O5S. The van der Waals surface area contributed by atoms with E-state index in [2.05, 4.69) is 10.6 Å². The van der Waals surface area contributed by atoms with Crippen LogP contribution in [0.1, 0.15) is 34.3 Å². The van der Waals surface area contributed by atoms with Gasteiger partial charge in [0.05, 0.1) is 5.25 Å². The van der Waals surface area contributed by atoms with Crippen LogP contribution in [0.3, 0.4) is 0 Å². The molecule has 152 valence electrons. The molecule has 0 bridgehead atoms. The lowest BCUT2D eigenvalue weighted by Gasteiger charge is -2.29. The smallest absolute Gasteiger partial charge is 0.255 e. The molecule has 0 spiro atoms. The van der Waals surface area contributed by atoms with Gasteiger partial charge in [0.2, 0.25) is 11.8 Å². The van der Waals surface area contributed by atoms with Crippen LogP contribution in [0.5, 0.6) is 0 Å². The summed E-state index contributed by atoms with van der Waals surface area (Å²) in [7, 11) is -3.22. The van der Waals surface area contributed by atoms with Crippen LogP contribution in [0.2, 0.25) is 0 Å². The highest BCUT2D eigenvalue weighted by molar-refractivity contribution is 7.91. The maximum atomic E-state index is 12.7. The van der Waals surface area contributed by atoms with Gasteiger partial charge in [-0.1, -0.05) is 12.1 Å². The Bertz CT molecular complexity index is 915. The lowest BCUT2D eigenvalue weighted by atomic mass is 10.0. The minimum atomic E-state index is -3.22. The van der Waals surface area contributed by atoms with Crippen molar-refractivity contribution >= 4 is 27.6 Å². The maximum absolute atomic E-state index is 12.7. The zero-order chi connectivity index (χ0) is 20.5. The predicted octanol–water partition coefficient (Wildman–Crippen LogP) is -1.09. The van der Waals surface area contributed by atoms with Gasteiger partial charge in [-0.3, -0.25) is 19.7 Å². The van der Waals surface area contributed by atoms with Crippen molar-refractivity contribution in [1.29, 1.82) is 0 Å². The van der Waals surface area contributed by atoms with Crippen LogP contribution in [-0.2, 0) is 32.5 Å². The monoisotopic (exact) mass is 408 g/mol. The first-order valence-corrected chi connectivity index (χ1v) is 11.0. The van der Waals surface area contributed by atoms with Crippen molar-refractivity contribution in [1.82, 2.24) is 15.5 Å². The van der Waals surface area contributed by atoms with Gasteiger partial charge in [-0.25, -0.2) is 8.42 Å². The van der Waals surface area contributed by atoms with E-state index in [4.69, 9.17) is 5.73 Å². The molecule has 4 N–H and O–H groups in total. The van der Waals surface area contributed by atoms with E-state index >= 15 is 0 Å². The van der Waals surface area contributed by atoms with E-state index in [1.165, 1.54) is 4.90 Å². The second kappa shape index (κ2) is 7.98. The number of carbonyl (C=O) groups is 3. The van der Waals surface area contributed by atoms with Crippen LogP contribution in [0.15, 0.2) is 18.2 Å². The van der Waals surface area contributed by atoms with Crippen LogP contribution in [0, 0.1) is 0 Å². The van der Waals surface area contributed by atoms with Crippen molar-refractivity contribution in [3.8, 4) is 0 Å². The number of fused-ring (bicyclic) bond motifs is 1. The second-order valence-corrected chi connectivity index (χ2v) is 9.54. The fourth-order valence-corrected chi connectivity index (χ4v) is 4.29. The topological polar surface area (TPSA) is 139 Å². The highest BCUT2D eigenvalue weighted by atomic mass is 32.2. The van der Waals surface area contributed by atoms with Crippen molar-refractivity contribution in [3.05, 3.63) is 34.9 Å². The maximum Gasteiger partial charge on any atom is 0.255 e. The Hall–Kier alpha value is -2.30. The Morgan fingerprint density at radius 3 is 2.71 bits per heavy atom. The third kappa shape index (κ3) is 4.23. The summed E-state index contributed by atoms with van der Waals surface area (Å²) in [5, 5.41) is 4.72. The van der Waals surface area contributed by atoms with Gasteiger partial charge in [0, 0.05) is 44.4 Å². The lowest BCUT2D eigenvalue weighted by molar-refractivity contribution is -0.136. The molecule has 9 nitrogen and oxygen atoms in total. The normalized spacial score (nSPS) is 20.9. The van der Waals surface area contributed by atoms with E-state index in [-0.39, 0.29) is 31.3 Å². The Labute approximate surface area is 163 Å². The van der Waals surface area contributed by atoms with E-state index in [0.29, 0.717) is 25.1 Å². The van der Waals surface area contributed by atoms with Gasteiger partial charge in [0.15, 0.2) is 9.84 Å². The number of hydrogen-bond acceptors (Lipinski definition) is 7. The summed E-state index contributed by atoms with van der Waals surface area (Å²) in [6, 6.07) is 4.76. The van der Waals surface area contributed by atoms with Crippen molar-refractivity contribution in [2.24, 2.45) is 5.73 Å². The summed E-state index contributed by atoms with van der Waals surface area (Å²) in [6.07, 6.45) is 1.70. The highest BCUT2D eigenvalue weighted by Gasteiger charge is 2.39. The number of rotatable bonds is 7. The van der Waals surface area contributed by atoms with Gasteiger partial charge in [-0.2, -0.15) is 0 Å². The molecule has 2 unspecified atom stereocenters. The van der Waals surface area contributed by atoms with Gasteiger partial charge in [0.25, 0.3) is 5.91 Å². The van der Waals surface area contributed by atoms with E-state index < -0.39 is 27.0 Å². The van der Waals surface area contributed by atoms with Crippen molar-refractivity contribution in [2.45, 2.75) is 37.2 Å². The van der Waals surface area contributed by atoms with E-state index in [0.717, 1.165) is 17.4 Å². The molecule has 0 aliphatic carbocycles. The Morgan fingerprint density at radius 2 is 2.07 bits per heavy atom. The van der Waals surface area contributed by atoms with Gasteiger partial charge < -0.3 is 16.0 Å². The molecule has 10 heteroatoms. The first kappa shape index (κ1) is 20.4. The summed E-state index contributed by atoms with van der Waals surface area (Å²) in [5.74, 6) is -0.971. The summed E-state index contributed by atoms with van der Waals surface area (Å²) in [6.45, 7) is 1.04. The number of sulfone groups is 1. The quantitative estimate of drug-likeness (QED) is 0.487. The highest BCUT2D eigenvalue weighted by Crippen LogP contribution is 2.28. The third-order valence-electron chi connectivity index (χ3n) is 5.16. The molecule has 1 aromatic rings. The molecule has 2 aliphatic heterocycles. The molecule has 3 rings (SSSR count). The second-order valence-electron chi connectivity index (χ2n) is 7.21. The van der Waals surface area contributed by atoms with Crippen LogP contribution in [0.25, 0.3) is 0 Å². The Morgan fingerprint density at radius 1 is 1.32 bits per heavy atom. The van der Waals surface area contributed by atoms with E-state index in [1.807, 2.05) is 6.07 Å². The number of nitrogens with zero attached hydrogens (tertiary/aromatic N) is 1. The number of carbonyl (C=O) groups excluding carboxylic acids is 3. The van der Waals surface area contributed by atoms with E-state index in [1.54, 1.807) is 12.1 Å². The van der Waals surface area contributed by atoms with Crippen molar-refractivity contribution < 1.29 is 22.8 Å². The molecule has 1 fully saturated rings. The van der Waals surface area contributed by atoms with Gasteiger partial charge in [-0.05, 0) is 23.6 Å². The molecule has 3 amide bonds. The first-order valence-electron chi connectivity index (χ1n) is 9.07. The Balaban J connectivity index is 1.65. The zero-order valence-corrected chi connectivity index (χ0v) is 16.4. The SMILES string of the molecule is CS(=O)(=O)C(CN)CNCc1ccc2c(c1)CN(C1CCC(=O)NC1=O)C2=O. The van der Waals surface area contributed by atoms with Crippen LogP contribution in [0.4, 0.5) is 0 Å². The number of nitrogens with two attached hydrogens (primary N) is 1. The fraction of sp³-hybridized carbons (Fsp3) is 0.500. The minimum Gasteiger partial charge on any atom is -0.329 e. The molecule has 2 heterocycles. The zero-order valence-electron chi connectivity index (χ0n) is 15.6. The number of nitrogens with one attached hydrogen (secondary N) is 2. The average Bonchev–Trinajstić information content (AvgIpc) is 2.94. The molecule has 1 saturated heterocycles. The Kier molecular flexibility index (Phi) is 5.82. The summed E-state index contributed by atoms with van der Waals surface area (Å²) >= 11 is 0. The minimum absolute atomic E-state index is 0.0471. The summed E-state index contributed by atoms with van der Waals surface area (Å²) in [5.41, 5.74) is 7.78. The number of benzene rings is 1. The number of imide groups is 1. The summed E-state index contributed by atoms with van der Waals surface area (Å²) < 4.78 is 23.2. The average molecular weight is 408 g/mol.